The van der Waals surface area contributed by atoms with Gasteiger partial charge in [-0.1, -0.05) is 0 Å². The monoisotopic (exact) mass is 312 g/mol. The van der Waals surface area contributed by atoms with Gasteiger partial charge in [-0.15, -0.1) is 0 Å². The van der Waals surface area contributed by atoms with E-state index in [2.05, 4.69) is 5.32 Å². The molecular weight excluding hydrogens is 288 g/mol. The zero-order valence-electron chi connectivity index (χ0n) is 13.3. The van der Waals surface area contributed by atoms with E-state index < -0.39 is 35.2 Å². The fraction of sp³-hybridized carbons (Fsp3) is 0.800. The van der Waals surface area contributed by atoms with Crippen molar-refractivity contribution in [1.29, 1.82) is 0 Å². The van der Waals surface area contributed by atoms with E-state index >= 15 is 0 Å². The number of esters is 1. The number of hydroxylamine groups is 2. The number of hydrogen-bond acceptors (Lipinski definition) is 6. The van der Waals surface area contributed by atoms with E-state index in [9.17, 15) is 19.6 Å². The number of hydrogen-bond donors (Lipinski definition) is 2. The first-order chi connectivity index (χ1) is 10.2. The molecule has 2 aliphatic rings. The van der Waals surface area contributed by atoms with E-state index in [1.54, 1.807) is 20.8 Å². The summed E-state index contributed by atoms with van der Waals surface area (Å²) in [5.74, 6) is -3.45. The van der Waals surface area contributed by atoms with E-state index in [-0.39, 0.29) is 17.4 Å². The molecular formula is C15H24N2O5. The molecule has 7 nitrogen and oxygen atoms in total. The minimum absolute atomic E-state index is 0.0724. The van der Waals surface area contributed by atoms with Gasteiger partial charge in [0.2, 0.25) is 0 Å². The SMILES string of the molecule is CC(C)(C)OC(=O)C(C1CCCNC1)C1CC(=O)N(O)C1=O. The first-order valence-corrected chi connectivity index (χ1v) is 7.70. The largest absolute Gasteiger partial charge is 0.460 e. The Hall–Kier alpha value is -1.47. The fourth-order valence-electron chi connectivity index (χ4n) is 3.16. The van der Waals surface area contributed by atoms with Crippen LogP contribution in [0.3, 0.4) is 0 Å². The van der Waals surface area contributed by atoms with Gasteiger partial charge in [-0.25, -0.2) is 0 Å². The van der Waals surface area contributed by atoms with Gasteiger partial charge >= 0.3 is 5.97 Å². The Morgan fingerprint density at radius 2 is 2.09 bits per heavy atom. The lowest BCUT2D eigenvalue weighted by Gasteiger charge is -2.33. The number of imide groups is 1. The summed E-state index contributed by atoms with van der Waals surface area (Å²) >= 11 is 0. The predicted octanol–water partition coefficient (Wildman–Crippen LogP) is 0.708. The summed E-state index contributed by atoms with van der Waals surface area (Å²) in [7, 11) is 0. The Morgan fingerprint density at radius 1 is 1.41 bits per heavy atom. The van der Waals surface area contributed by atoms with Crippen LogP contribution >= 0.6 is 0 Å². The van der Waals surface area contributed by atoms with Gasteiger partial charge in [-0.05, 0) is 52.6 Å². The second kappa shape index (κ2) is 6.34. The summed E-state index contributed by atoms with van der Waals surface area (Å²) in [5, 5.41) is 12.8. The topological polar surface area (TPSA) is 95.9 Å². The number of ether oxygens (including phenoxy) is 1. The van der Waals surface area contributed by atoms with Crippen LogP contribution in [0.4, 0.5) is 0 Å². The first-order valence-electron chi connectivity index (χ1n) is 7.70. The molecule has 0 spiro atoms. The molecule has 124 valence electrons. The van der Waals surface area contributed by atoms with Crippen molar-refractivity contribution in [3.05, 3.63) is 0 Å². The van der Waals surface area contributed by atoms with Gasteiger partial charge in [0.15, 0.2) is 0 Å². The summed E-state index contributed by atoms with van der Waals surface area (Å²) in [6.45, 7) is 6.78. The lowest BCUT2D eigenvalue weighted by Crippen LogP contribution is -2.44. The van der Waals surface area contributed by atoms with Gasteiger partial charge in [0.1, 0.15) is 5.60 Å². The van der Waals surface area contributed by atoms with Crippen LogP contribution in [-0.2, 0) is 19.1 Å². The molecule has 0 aliphatic carbocycles. The lowest BCUT2D eigenvalue weighted by atomic mass is 9.77. The second-order valence-electron chi connectivity index (χ2n) is 7.02. The van der Waals surface area contributed by atoms with Crippen molar-refractivity contribution in [3.63, 3.8) is 0 Å². The number of carbonyl (C=O) groups excluding carboxylic acids is 3. The Morgan fingerprint density at radius 3 is 2.55 bits per heavy atom. The Labute approximate surface area is 129 Å². The lowest BCUT2D eigenvalue weighted by molar-refractivity contribution is -0.176. The highest BCUT2D eigenvalue weighted by Crippen LogP contribution is 2.35. The molecule has 0 radical (unpaired) electrons. The zero-order chi connectivity index (χ0) is 16.5. The standard InChI is InChI=1S/C15H24N2O5/c1-15(2,3)22-14(20)12(9-5-4-6-16-8-9)10-7-11(18)17(21)13(10)19/h9-10,12,16,21H,4-8H2,1-3H3. The molecule has 3 atom stereocenters. The average molecular weight is 312 g/mol. The highest BCUT2D eigenvalue weighted by molar-refractivity contribution is 6.03. The molecule has 7 heteroatoms. The van der Waals surface area contributed by atoms with Crippen molar-refractivity contribution >= 4 is 17.8 Å². The first kappa shape index (κ1) is 16.9. The quantitative estimate of drug-likeness (QED) is 0.453. The molecule has 2 rings (SSSR count). The summed E-state index contributed by atoms with van der Waals surface area (Å²) in [6, 6.07) is 0. The highest BCUT2D eigenvalue weighted by Gasteiger charge is 2.49. The summed E-state index contributed by atoms with van der Waals surface area (Å²) in [4.78, 5) is 36.3. The maximum absolute atomic E-state index is 12.6. The van der Waals surface area contributed by atoms with Gasteiger partial charge in [0, 0.05) is 6.42 Å². The highest BCUT2D eigenvalue weighted by atomic mass is 16.6. The molecule has 2 amide bonds. The Kier molecular flexibility index (Phi) is 4.87. The molecule has 2 N–H and O–H groups in total. The molecule has 0 aromatic carbocycles. The molecule has 3 unspecified atom stereocenters. The van der Waals surface area contributed by atoms with Crippen molar-refractivity contribution < 1.29 is 24.3 Å². The van der Waals surface area contributed by atoms with Crippen molar-refractivity contribution in [3.8, 4) is 0 Å². The van der Waals surface area contributed by atoms with Crippen molar-refractivity contribution in [2.75, 3.05) is 13.1 Å². The van der Waals surface area contributed by atoms with Crippen molar-refractivity contribution in [2.24, 2.45) is 17.8 Å². The van der Waals surface area contributed by atoms with Gasteiger partial charge in [0.05, 0.1) is 11.8 Å². The van der Waals surface area contributed by atoms with Crippen LogP contribution in [0.2, 0.25) is 0 Å². The molecule has 0 aromatic heterocycles. The molecule has 0 aromatic rings. The molecule has 2 heterocycles. The van der Waals surface area contributed by atoms with E-state index in [0.29, 0.717) is 6.54 Å². The Balaban J connectivity index is 2.23. The van der Waals surface area contributed by atoms with Crippen LogP contribution in [0.15, 0.2) is 0 Å². The number of amides is 2. The number of carbonyl (C=O) groups is 3. The smallest absolute Gasteiger partial charge is 0.310 e. The summed E-state index contributed by atoms with van der Waals surface area (Å²) in [5.41, 5.74) is -0.665. The van der Waals surface area contributed by atoms with Crippen LogP contribution in [-0.4, -0.2) is 46.7 Å². The normalized spacial score (nSPS) is 27.9. The number of piperidine rings is 1. The van der Waals surface area contributed by atoms with Gasteiger partial charge in [-0.2, -0.15) is 5.06 Å². The molecule has 2 saturated heterocycles. The third-order valence-corrected chi connectivity index (χ3v) is 4.11. The Bertz CT molecular complexity index is 465. The number of nitrogens with zero attached hydrogens (tertiary/aromatic N) is 1. The van der Waals surface area contributed by atoms with Crippen LogP contribution < -0.4 is 5.32 Å². The van der Waals surface area contributed by atoms with E-state index in [0.717, 1.165) is 19.4 Å². The van der Waals surface area contributed by atoms with Gasteiger partial charge in [-0.3, -0.25) is 19.6 Å². The molecule has 0 saturated carbocycles. The number of rotatable bonds is 3. The van der Waals surface area contributed by atoms with Crippen LogP contribution in [0.5, 0.6) is 0 Å². The maximum atomic E-state index is 12.6. The summed E-state index contributed by atoms with van der Waals surface area (Å²) < 4.78 is 5.45. The van der Waals surface area contributed by atoms with Crippen molar-refractivity contribution in [2.45, 2.75) is 45.6 Å². The van der Waals surface area contributed by atoms with Gasteiger partial charge in [0.25, 0.3) is 11.8 Å². The molecule has 2 aliphatic heterocycles. The van der Waals surface area contributed by atoms with Crippen LogP contribution in [0, 0.1) is 17.8 Å². The third-order valence-electron chi connectivity index (χ3n) is 4.11. The van der Waals surface area contributed by atoms with E-state index in [1.165, 1.54) is 0 Å². The molecule has 22 heavy (non-hydrogen) atoms. The second-order valence-corrected chi connectivity index (χ2v) is 7.02. The van der Waals surface area contributed by atoms with Crippen molar-refractivity contribution in [1.82, 2.24) is 10.4 Å². The van der Waals surface area contributed by atoms with Crippen LogP contribution in [0.25, 0.3) is 0 Å². The van der Waals surface area contributed by atoms with E-state index in [1.807, 2.05) is 0 Å². The average Bonchev–Trinajstić information content (AvgIpc) is 2.66. The number of nitrogens with one attached hydrogen (secondary N) is 1. The maximum Gasteiger partial charge on any atom is 0.310 e. The third kappa shape index (κ3) is 3.64. The summed E-state index contributed by atoms with van der Waals surface area (Å²) in [6.07, 6.45) is 1.55. The van der Waals surface area contributed by atoms with Gasteiger partial charge < -0.3 is 10.1 Å². The molecule has 2 fully saturated rings. The fourth-order valence-corrected chi connectivity index (χ4v) is 3.16. The molecule has 0 bridgehead atoms. The van der Waals surface area contributed by atoms with E-state index in [4.69, 9.17) is 4.74 Å². The predicted molar refractivity (Wildman–Crippen MR) is 76.7 cm³/mol. The minimum atomic E-state index is -0.836. The van der Waals surface area contributed by atoms with Crippen LogP contribution in [0.1, 0.15) is 40.0 Å². The zero-order valence-corrected chi connectivity index (χ0v) is 13.3. The minimum Gasteiger partial charge on any atom is -0.460 e.